The van der Waals surface area contributed by atoms with Gasteiger partial charge >= 0.3 is 0 Å². The Kier molecular flexibility index (Phi) is 6.25. The first kappa shape index (κ1) is 15.9. The zero-order valence-electron chi connectivity index (χ0n) is 12.7. The molecule has 0 bridgehead atoms. The van der Waals surface area contributed by atoms with E-state index in [1.54, 1.807) is 13.3 Å². The number of nitrogens with one attached hydrogen (secondary N) is 1. The highest BCUT2D eigenvalue weighted by Gasteiger charge is 2.31. The summed E-state index contributed by atoms with van der Waals surface area (Å²) in [5, 5.41) is 3.54. The van der Waals surface area contributed by atoms with Crippen LogP contribution in [0.2, 0.25) is 0 Å². The average Bonchev–Trinajstić information content (AvgIpc) is 2.39. The van der Waals surface area contributed by atoms with Crippen LogP contribution in [0, 0.1) is 0 Å². The van der Waals surface area contributed by atoms with Crippen LogP contribution in [0.15, 0.2) is 18.5 Å². The Balaban J connectivity index is 3.00. The van der Waals surface area contributed by atoms with Gasteiger partial charge in [0.2, 0.25) is 0 Å². The Morgan fingerprint density at radius 3 is 2.63 bits per heavy atom. The van der Waals surface area contributed by atoms with Gasteiger partial charge in [0.05, 0.1) is 24.9 Å². The van der Waals surface area contributed by atoms with E-state index in [2.05, 4.69) is 31.1 Å². The zero-order valence-corrected chi connectivity index (χ0v) is 12.7. The van der Waals surface area contributed by atoms with Crippen molar-refractivity contribution in [3.8, 4) is 5.75 Å². The fraction of sp³-hybridized carbons (Fsp3) is 0.667. The lowest BCUT2D eigenvalue weighted by atomic mass is 9.92. The highest BCUT2D eigenvalue weighted by molar-refractivity contribution is 5.27. The molecule has 1 rings (SSSR count). The minimum Gasteiger partial charge on any atom is -0.495 e. The van der Waals surface area contributed by atoms with Crippen molar-refractivity contribution in [2.45, 2.75) is 45.8 Å². The maximum Gasteiger partial charge on any atom is 0.137 e. The smallest absolute Gasteiger partial charge is 0.137 e. The molecule has 0 radical (unpaired) electrons. The summed E-state index contributed by atoms with van der Waals surface area (Å²) >= 11 is 0. The summed E-state index contributed by atoms with van der Waals surface area (Å²) in [5.41, 5.74) is 0.795. The largest absolute Gasteiger partial charge is 0.495 e. The van der Waals surface area contributed by atoms with Gasteiger partial charge < -0.3 is 14.8 Å². The second-order valence-electron chi connectivity index (χ2n) is 5.08. The zero-order chi connectivity index (χ0) is 14.3. The number of aromatic nitrogens is 1. The highest BCUT2D eigenvalue weighted by atomic mass is 16.5. The molecule has 4 heteroatoms. The van der Waals surface area contributed by atoms with Crippen molar-refractivity contribution >= 4 is 0 Å². The highest BCUT2D eigenvalue weighted by Crippen LogP contribution is 2.30. The van der Waals surface area contributed by atoms with Gasteiger partial charge in [0.25, 0.3) is 0 Å². The van der Waals surface area contributed by atoms with Crippen molar-refractivity contribution in [3.63, 3.8) is 0 Å². The van der Waals surface area contributed by atoms with E-state index in [1.165, 1.54) is 0 Å². The lowest BCUT2D eigenvalue weighted by molar-refractivity contribution is -0.0392. The van der Waals surface area contributed by atoms with Gasteiger partial charge in [0.15, 0.2) is 0 Å². The SMILES string of the molecule is CCCNC(c1cncc(OC)c1)C(C)(C)OCC. The Morgan fingerprint density at radius 2 is 2.05 bits per heavy atom. The lowest BCUT2D eigenvalue weighted by Crippen LogP contribution is -2.42. The Bertz CT molecular complexity index is 380. The third-order valence-electron chi connectivity index (χ3n) is 3.11. The first-order chi connectivity index (χ1) is 9.05. The maximum atomic E-state index is 5.89. The van der Waals surface area contributed by atoms with Crippen LogP contribution in [0.4, 0.5) is 0 Å². The van der Waals surface area contributed by atoms with E-state index in [0.29, 0.717) is 6.61 Å². The summed E-state index contributed by atoms with van der Waals surface area (Å²) in [7, 11) is 1.66. The predicted molar refractivity (Wildman–Crippen MR) is 77.5 cm³/mol. The summed E-state index contributed by atoms with van der Waals surface area (Å²) in [6.45, 7) is 10.0. The van der Waals surface area contributed by atoms with Crippen LogP contribution in [0.25, 0.3) is 0 Å². The Morgan fingerprint density at radius 1 is 1.32 bits per heavy atom. The molecule has 0 spiro atoms. The maximum absolute atomic E-state index is 5.89. The molecule has 19 heavy (non-hydrogen) atoms. The van der Waals surface area contributed by atoms with E-state index >= 15 is 0 Å². The molecule has 0 amide bonds. The molecular weight excluding hydrogens is 240 g/mol. The van der Waals surface area contributed by atoms with E-state index in [1.807, 2.05) is 19.2 Å². The van der Waals surface area contributed by atoms with Gasteiger partial charge in [-0.1, -0.05) is 6.92 Å². The number of pyridine rings is 1. The molecule has 1 heterocycles. The molecule has 0 aromatic carbocycles. The predicted octanol–water partition coefficient (Wildman–Crippen LogP) is 2.95. The Hall–Kier alpha value is -1.13. The molecule has 4 nitrogen and oxygen atoms in total. The summed E-state index contributed by atoms with van der Waals surface area (Å²) in [5.74, 6) is 0.771. The van der Waals surface area contributed by atoms with Crippen molar-refractivity contribution in [1.82, 2.24) is 10.3 Å². The first-order valence-electron chi connectivity index (χ1n) is 6.91. The van der Waals surface area contributed by atoms with Gasteiger partial charge in [-0.15, -0.1) is 0 Å². The van der Waals surface area contributed by atoms with Crippen molar-refractivity contribution < 1.29 is 9.47 Å². The van der Waals surface area contributed by atoms with Crippen LogP contribution in [-0.2, 0) is 4.74 Å². The Labute approximate surface area is 116 Å². The monoisotopic (exact) mass is 266 g/mol. The standard InChI is InChI=1S/C15H26N2O2/c1-6-8-17-14(15(3,4)19-7-2)12-9-13(18-5)11-16-10-12/h9-11,14,17H,6-8H2,1-5H3. The molecule has 1 unspecified atom stereocenters. The van der Waals surface area contributed by atoms with E-state index in [0.717, 1.165) is 24.3 Å². The summed E-state index contributed by atoms with van der Waals surface area (Å²) in [6, 6.07) is 2.11. The van der Waals surface area contributed by atoms with Crippen LogP contribution in [-0.4, -0.2) is 30.8 Å². The molecule has 0 saturated heterocycles. The van der Waals surface area contributed by atoms with Crippen molar-refractivity contribution in [2.75, 3.05) is 20.3 Å². The molecule has 1 atom stereocenters. The molecule has 0 aliphatic rings. The fourth-order valence-electron chi connectivity index (χ4n) is 2.21. The van der Waals surface area contributed by atoms with E-state index in [4.69, 9.17) is 9.47 Å². The van der Waals surface area contributed by atoms with Gasteiger partial charge in [0.1, 0.15) is 5.75 Å². The summed E-state index contributed by atoms with van der Waals surface area (Å²) in [4.78, 5) is 4.24. The topological polar surface area (TPSA) is 43.4 Å². The van der Waals surface area contributed by atoms with Crippen LogP contribution >= 0.6 is 0 Å². The molecular formula is C15H26N2O2. The summed E-state index contributed by atoms with van der Waals surface area (Å²) < 4.78 is 11.1. The molecule has 0 saturated carbocycles. The average molecular weight is 266 g/mol. The number of ether oxygens (including phenoxy) is 2. The molecule has 0 aliphatic carbocycles. The number of rotatable bonds is 8. The second kappa shape index (κ2) is 7.46. The third kappa shape index (κ3) is 4.48. The summed E-state index contributed by atoms with van der Waals surface area (Å²) in [6.07, 6.45) is 4.67. The van der Waals surface area contributed by atoms with Gasteiger partial charge in [-0.2, -0.15) is 0 Å². The number of methoxy groups -OCH3 is 1. The first-order valence-corrected chi connectivity index (χ1v) is 6.91. The molecule has 1 aromatic heterocycles. The van der Waals surface area contributed by atoms with Crippen molar-refractivity contribution in [1.29, 1.82) is 0 Å². The lowest BCUT2D eigenvalue weighted by Gasteiger charge is -2.35. The third-order valence-corrected chi connectivity index (χ3v) is 3.11. The second-order valence-corrected chi connectivity index (χ2v) is 5.08. The van der Waals surface area contributed by atoms with Crippen molar-refractivity contribution in [3.05, 3.63) is 24.0 Å². The van der Waals surface area contributed by atoms with E-state index < -0.39 is 0 Å². The van der Waals surface area contributed by atoms with E-state index in [-0.39, 0.29) is 11.6 Å². The van der Waals surface area contributed by atoms with Gasteiger partial charge in [0, 0.05) is 12.8 Å². The van der Waals surface area contributed by atoms with Crippen molar-refractivity contribution in [2.24, 2.45) is 0 Å². The van der Waals surface area contributed by atoms with Gasteiger partial charge in [-0.05, 0) is 45.4 Å². The minimum atomic E-state index is -0.294. The number of nitrogens with zero attached hydrogens (tertiary/aromatic N) is 1. The van der Waals surface area contributed by atoms with Crippen LogP contribution in [0.1, 0.15) is 45.7 Å². The number of hydrogen-bond donors (Lipinski definition) is 1. The van der Waals surface area contributed by atoms with Crippen LogP contribution < -0.4 is 10.1 Å². The van der Waals surface area contributed by atoms with Crippen LogP contribution in [0.3, 0.4) is 0 Å². The fourth-order valence-corrected chi connectivity index (χ4v) is 2.21. The van der Waals surface area contributed by atoms with E-state index in [9.17, 15) is 0 Å². The normalized spacial score (nSPS) is 13.3. The quantitative estimate of drug-likeness (QED) is 0.785. The molecule has 1 N–H and O–H groups in total. The minimum absolute atomic E-state index is 0.0926. The number of hydrogen-bond acceptors (Lipinski definition) is 4. The van der Waals surface area contributed by atoms with Crippen LogP contribution in [0.5, 0.6) is 5.75 Å². The molecule has 1 aromatic rings. The molecule has 0 aliphatic heterocycles. The molecule has 0 fully saturated rings. The van der Waals surface area contributed by atoms with Gasteiger partial charge in [-0.3, -0.25) is 4.98 Å². The molecule has 108 valence electrons. The van der Waals surface area contributed by atoms with Gasteiger partial charge in [-0.25, -0.2) is 0 Å².